The number of anilines is 1. The molecule has 1 aliphatic carbocycles. The molecular weight excluding hydrogens is 275 g/mol. The number of rotatable bonds is 6. The minimum atomic E-state index is -4.11. The molecule has 0 spiro atoms. The van der Waals surface area contributed by atoms with Gasteiger partial charge in [-0.3, -0.25) is 0 Å². The van der Waals surface area contributed by atoms with E-state index < -0.39 is 12.6 Å². The maximum atomic E-state index is 12.2. The first-order valence-corrected chi connectivity index (χ1v) is 7.14. The number of aromatic nitrogens is 1. The van der Waals surface area contributed by atoms with Gasteiger partial charge in [0.15, 0.2) is 5.13 Å². The SMILES string of the molecule is Cc1nc(N(C)CCC(F)(F)F)sc1CNC1CC1. The van der Waals surface area contributed by atoms with E-state index in [-0.39, 0.29) is 6.54 Å². The average molecular weight is 293 g/mol. The summed E-state index contributed by atoms with van der Waals surface area (Å²) in [6.45, 7) is 2.62. The first kappa shape index (κ1) is 14.6. The van der Waals surface area contributed by atoms with Crippen LogP contribution in [-0.2, 0) is 6.54 Å². The lowest BCUT2D eigenvalue weighted by molar-refractivity contribution is -0.132. The number of thiazole rings is 1. The van der Waals surface area contributed by atoms with Crippen LogP contribution in [0.1, 0.15) is 29.8 Å². The van der Waals surface area contributed by atoms with Gasteiger partial charge in [-0.05, 0) is 19.8 Å². The molecule has 19 heavy (non-hydrogen) atoms. The summed E-state index contributed by atoms with van der Waals surface area (Å²) in [7, 11) is 1.65. The standard InChI is InChI=1S/C12H18F3N3S/c1-8-10(7-16-9-3-4-9)19-11(17-8)18(2)6-5-12(13,14)15/h9,16H,3-7H2,1-2H3. The van der Waals surface area contributed by atoms with Crippen LogP contribution < -0.4 is 10.2 Å². The van der Waals surface area contributed by atoms with Gasteiger partial charge < -0.3 is 10.2 Å². The van der Waals surface area contributed by atoms with Crippen molar-refractivity contribution in [1.82, 2.24) is 10.3 Å². The Kier molecular flexibility index (Phi) is 4.35. The number of aryl methyl sites for hydroxylation is 1. The van der Waals surface area contributed by atoms with Gasteiger partial charge in [-0.25, -0.2) is 4.98 Å². The second-order valence-electron chi connectivity index (χ2n) is 4.95. The molecule has 1 N–H and O–H groups in total. The van der Waals surface area contributed by atoms with E-state index in [4.69, 9.17) is 0 Å². The van der Waals surface area contributed by atoms with Gasteiger partial charge in [0, 0.05) is 31.1 Å². The molecule has 7 heteroatoms. The molecule has 1 saturated carbocycles. The van der Waals surface area contributed by atoms with Crippen LogP contribution in [0.5, 0.6) is 0 Å². The Balaban J connectivity index is 1.89. The quantitative estimate of drug-likeness (QED) is 0.873. The molecule has 0 aromatic carbocycles. The number of halogens is 3. The third-order valence-electron chi connectivity index (χ3n) is 3.07. The molecule has 2 rings (SSSR count). The number of hydrogen-bond donors (Lipinski definition) is 1. The van der Waals surface area contributed by atoms with Crippen LogP contribution >= 0.6 is 11.3 Å². The largest absolute Gasteiger partial charge is 0.390 e. The second-order valence-corrected chi connectivity index (χ2v) is 6.01. The second kappa shape index (κ2) is 5.66. The number of hydrogen-bond acceptors (Lipinski definition) is 4. The molecule has 1 heterocycles. The molecule has 0 atom stereocenters. The predicted molar refractivity (Wildman–Crippen MR) is 70.7 cm³/mol. The maximum Gasteiger partial charge on any atom is 0.390 e. The first-order valence-electron chi connectivity index (χ1n) is 6.33. The molecule has 1 fully saturated rings. The molecule has 0 bridgehead atoms. The lowest BCUT2D eigenvalue weighted by Crippen LogP contribution is -2.23. The zero-order valence-corrected chi connectivity index (χ0v) is 11.9. The highest BCUT2D eigenvalue weighted by Gasteiger charge is 2.28. The molecule has 108 valence electrons. The average Bonchev–Trinajstić information content (AvgIpc) is 3.06. The van der Waals surface area contributed by atoms with Crippen molar-refractivity contribution in [3.8, 4) is 0 Å². The van der Waals surface area contributed by atoms with Gasteiger partial charge in [0.2, 0.25) is 0 Å². The van der Waals surface area contributed by atoms with E-state index in [9.17, 15) is 13.2 Å². The third kappa shape index (κ3) is 4.65. The van der Waals surface area contributed by atoms with Gasteiger partial charge in [-0.1, -0.05) is 0 Å². The summed E-state index contributed by atoms with van der Waals surface area (Å²) in [5.74, 6) is 0. The minimum absolute atomic E-state index is 0.0497. The van der Waals surface area contributed by atoms with Crippen LogP contribution in [0.2, 0.25) is 0 Å². The van der Waals surface area contributed by atoms with Gasteiger partial charge in [-0.2, -0.15) is 13.2 Å². The first-order chi connectivity index (χ1) is 8.85. The summed E-state index contributed by atoms with van der Waals surface area (Å²) in [5, 5.41) is 4.06. The van der Waals surface area contributed by atoms with Gasteiger partial charge >= 0.3 is 6.18 Å². The number of nitrogens with zero attached hydrogens (tertiary/aromatic N) is 2. The smallest absolute Gasteiger partial charge is 0.351 e. The van der Waals surface area contributed by atoms with E-state index >= 15 is 0 Å². The van der Waals surface area contributed by atoms with Crippen LogP contribution in [0.25, 0.3) is 0 Å². The number of alkyl halides is 3. The highest BCUT2D eigenvalue weighted by atomic mass is 32.1. The molecule has 0 radical (unpaired) electrons. The van der Waals surface area contributed by atoms with Crippen LogP contribution in [0, 0.1) is 6.92 Å². The lowest BCUT2D eigenvalue weighted by Gasteiger charge is -2.16. The Hall–Kier alpha value is -0.820. The molecule has 3 nitrogen and oxygen atoms in total. The van der Waals surface area contributed by atoms with Crippen molar-refractivity contribution in [3.05, 3.63) is 10.6 Å². The van der Waals surface area contributed by atoms with Crippen molar-refractivity contribution in [3.63, 3.8) is 0 Å². The van der Waals surface area contributed by atoms with Crippen LogP contribution in [-0.4, -0.2) is 30.8 Å². The van der Waals surface area contributed by atoms with Gasteiger partial charge in [0.25, 0.3) is 0 Å². The molecule has 1 aliphatic rings. The fraction of sp³-hybridized carbons (Fsp3) is 0.750. The summed E-state index contributed by atoms with van der Waals surface area (Å²) >= 11 is 1.47. The topological polar surface area (TPSA) is 28.2 Å². The van der Waals surface area contributed by atoms with E-state index in [0.717, 1.165) is 17.1 Å². The summed E-state index contributed by atoms with van der Waals surface area (Å²) in [6.07, 6.45) is -2.49. The molecular formula is C12H18F3N3S. The van der Waals surface area contributed by atoms with Gasteiger partial charge in [-0.15, -0.1) is 11.3 Å². The molecule has 1 aromatic heterocycles. The van der Waals surface area contributed by atoms with Crippen LogP contribution in [0.4, 0.5) is 18.3 Å². The van der Waals surface area contributed by atoms with Crippen molar-refractivity contribution < 1.29 is 13.2 Å². The van der Waals surface area contributed by atoms with Crippen molar-refractivity contribution in [2.75, 3.05) is 18.5 Å². The maximum absolute atomic E-state index is 12.2. The van der Waals surface area contributed by atoms with E-state index in [2.05, 4.69) is 10.3 Å². The summed E-state index contributed by atoms with van der Waals surface area (Å²) in [6, 6.07) is 0.618. The van der Waals surface area contributed by atoms with E-state index in [1.165, 1.54) is 24.2 Å². The Morgan fingerprint density at radius 1 is 1.42 bits per heavy atom. The van der Waals surface area contributed by atoms with Crippen LogP contribution in [0.15, 0.2) is 0 Å². The van der Waals surface area contributed by atoms with Crippen molar-refractivity contribution in [1.29, 1.82) is 0 Å². The minimum Gasteiger partial charge on any atom is -0.351 e. The summed E-state index contributed by atoms with van der Waals surface area (Å²) in [4.78, 5) is 7.03. The number of nitrogens with one attached hydrogen (secondary N) is 1. The Labute approximate surface area is 114 Å². The fourth-order valence-electron chi connectivity index (χ4n) is 1.65. The molecule has 0 amide bonds. The van der Waals surface area contributed by atoms with Gasteiger partial charge in [0.05, 0.1) is 12.1 Å². The zero-order valence-electron chi connectivity index (χ0n) is 11.0. The fourth-order valence-corrected chi connectivity index (χ4v) is 2.65. The van der Waals surface area contributed by atoms with Crippen LogP contribution in [0.3, 0.4) is 0 Å². The molecule has 0 unspecified atom stereocenters. The normalized spacial score (nSPS) is 15.8. The predicted octanol–water partition coefficient (Wildman–Crippen LogP) is 3.09. The Bertz CT molecular complexity index is 426. The highest BCUT2D eigenvalue weighted by Crippen LogP contribution is 2.28. The Morgan fingerprint density at radius 2 is 2.11 bits per heavy atom. The van der Waals surface area contributed by atoms with E-state index in [1.807, 2.05) is 6.92 Å². The van der Waals surface area contributed by atoms with Gasteiger partial charge in [0.1, 0.15) is 0 Å². The van der Waals surface area contributed by atoms with Crippen molar-refractivity contribution >= 4 is 16.5 Å². The molecule has 1 aromatic rings. The Morgan fingerprint density at radius 3 is 2.68 bits per heavy atom. The zero-order chi connectivity index (χ0) is 14.0. The van der Waals surface area contributed by atoms with Crippen molar-refractivity contribution in [2.45, 2.75) is 44.9 Å². The molecule has 0 saturated heterocycles. The van der Waals surface area contributed by atoms with Crippen molar-refractivity contribution in [2.24, 2.45) is 0 Å². The van der Waals surface area contributed by atoms with E-state index in [0.29, 0.717) is 11.2 Å². The molecule has 0 aliphatic heterocycles. The summed E-state index contributed by atoms with van der Waals surface area (Å²) in [5.41, 5.74) is 0.909. The third-order valence-corrected chi connectivity index (χ3v) is 4.34. The van der Waals surface area contributed by atoms with E-state index in [1.54, 1.807) is 11.9 Å². The lowest BCUT2D eigenvalue weighted by atomic mass is 10.4. The monoisotopic (exact) mass is 293 g/mol. The summed E-state index contributed by atoms with van der Waals surface area (Å²) < 4.78 is 36.5. The highest BCUT2D eigenvalue weighted by molar-refractivity contribution is 7.15.